The van der Waals surface area contributed by atoms with Crippen LogP contribution in [-0.2, 0) is 30.5 Å². The molecule has 3 aromatic rings. The maximum absolute atomic E-state index is 12.7. The maximum Gasteiger partial charge on any atom is 0.426 e. The first-order valence-electron chi connectivity index (χ1n) is 12.4. The molecule has 3 aromatic carbocycles. The predicted molar refractivity (Wildman–Crippen MR) is 149 cm³/mol. The summed E-state index contributed by atoms with van der Waals surface area (Å²) in [5.74, 6) is -3.19. The molecule has 0 atom stereocenters. The van der Waals surface area contributed by atoms with Gasteiger partial charge in [-0.15, -0.1) is 0 Å². The summed E-state index contributed by atoms with van der Waals surface area (Å²) in [5, 5.41) is 0.631. The van der Waals surface area contributed by atoms with Crippen LogP contribution in [0.3, 0.4) is 0 Å². The lowest BCUT2D eigenvalue weighted by atomic mass is 10.1. The highest BCUT2D eigenvalue weighted by molar-refractivity contribution is 9.09. The number of hydrogen-bond acceptors (Lipinski definition) is 5. The number of benzene rings is 3. The summed E-state index contributed by atoms with van der Waals surface area (Å²) in [7, 11) is -7.19. The number of alkyl halides is 7. The third-order valence-corrected chi connectivity index (χ3v) is 9.83. The Hall–Kier alpha value is -2.55. The van der Waals surface area contributed by atoms with E-state index in [2.05, 4.69) is 112 Å². The van der Waals surface area contributed by atoms with Crippen molar-refractivity contribution >= 4 is 42.9 Å². The van der Waals surface area contributed by atoms with Crippen LogP contribution in [-0.4, -0.2) is 48.0 Å². The van der Waals surface area contributed by atoms with Gasteiger partial charge in [-0.2, -0.15) is 26.3 Å². The van der Waals surface area contributed by atoms with Gasteiger partial charge >= 0.3 is 23.1 Å². The Balaban J connectivity index is 0.000000297. The van der Waals surface area contributed by atoms with Gasteiger partial charge in [0.25, 0.3) is 0 Å². The van der Waals surface area contributed by atoms with E-state index in [4.69, 9.17) is 0 Å². The average molecular weight is 702 g/mol. The molecule has 0 aliphatic carbocycles. The van der Waals surface area contributed by atoms with Gasteiger partial charge in [0, 0.05) is 5.33 Å². The van der Waals surface area contributed by atoms with E-state index in [0.29, 0.717) is 24.6 Å². The lowest BCUT2D eigenvalue weighted by Gasteiger charge is -2.36. The van der Waals surface area contributed by atoms with E-state index in [-0.39, 0.29) is 17.3 Å². The van der Waals surface area contributed by atoms with E-state index < -0.39 is 39.8 Å². The van der Waals surface area contributed by atoms with E-state index in [1.807, 2.05) is 0 Å². The molecule has 0 fully saturated rings. The number of carbonyl (C=O) groups is 1. The monoisotopic (exact) mass is 700 g/mol. The van der Waals surface area contributed by atoms with Gasteiger partial charge in [-0.05, 0) is 49.2 Å². The zero-order valence-electron chi connectivity index (χ0n) is 21.9. The van der Waals surface area contributed by atoms with E-state index in [0.717, 1.165) is 0 Å². The fraction of sp³-hybridized carbons (Fsp3) is 0.321. The van der Waals surface area contributed by atoms with Crippen molar-refractivity contribution in [2.45, 2.75) is 57.5 Å². The number of rotatable bonds is 11. The zero-order valence-corrected chi connectivity index (χ0v) is 25.1. The number of unbranched alkanes of at least 4 members (excludes halogenated alkanes) is 3. The van der Waals surface area contributed by atoms with Crippen molar-refractivity contribution in [1.29, 1.82) is 0 Å². The molecule has 0 amide bonds. The average Bonchev–Trinajstić information content (AvgIpc) is 2.91. The first-order chi connectivity index (χ1) is 19.7. The zero-order chi connectivity index (χ0) is 31.4. The van der Waals surface area contributed by atoms with Crippen molar-refractivity contribution in [2.75, 3.05) is 11.9 Å². The molecule has 0 spiro atoms. The van der Waals surface area contributed by atoms with Crippen molar-refractivity contribution in [3.05, 3.63) is 91.0 Å². The second-order valence-corrected chi connectivity index (χ2v) is 13.0. The van der Waals surface area contributed by atoms with Crippen LogP contribution < -0.4 is 0 Å². The van der Waals surface area contributed by atoms with Crippen molar-refractivity contribution in [3.8, 4) is 0 Å². The summed E-state index contributed by atoms with van der Waals surface area (Å²) < 4.78 is 106. The molecule has 0 heterocycles. The number of ether oxygens (including phenoxy) is 1. The first-order valence-corrected chi connectivity index (χ1v) is 16.2. The minimum atomic E-state index is -7.17. The van der Waals surface area contributed by atoms with E-state index in [1.54, 1.807) is 0 Å². The molecule has 0 aliphatic heterocycles. The van der Waals surface area contributed by atoms with Crippen LogP contribution in [0.2, 0.25) is 0 Å². The summed E-state index contributed by atoms with van der Waals surface area (Å²) in [4.78, 5) is 15.3. The van der Waals surface area contributed by atoms with Crippen molar-refractivity contribution < 1.29 is 48.8 Å². The lowest BCUT2D eigenvalue weighted by Crippen LogP contribution is -2.67. The van der Waals surface area contributed by atoms with Crippen molar-refractivity contribution in [1.82, 2.24) is 0 Å². The molecule has 42 heavy (non-hydrogen) atoms. The highest BCUT2D eigenvalue weighted by Gasteiger charge is 2.81. The van der Waals surface area contributed by atoms with Gasteiger partial charge in [0.1, 0.15) is 10.1 Å². The van der Waals surface area contributed by atoms with E-state index in [1.165, 1.54) is 14.7 Å². The quantitative estimate of drug-likeness (QED) is 0.0512. The first kappa shape index (κ1) is 35.6. The third kappa shape index (κ3) is 8.98. The molecule has 0 bridgehead atoms. The lowest BCUT2D eigenvalue weighted by molar-refractivity contribution is -0.268. The molecule has 5 nitrogen and oxygen atoms in total. The fourth-order valence-electron chi connectivity index (χ4n) is 3.67. The van der Waals surface area contributed by atoms with Crippen LogP contribution in [0.15, 0.2) is 106 Å². The van der Waals surface area contributed by atoms with Crippen LogP contribution in [0.25, 0.3) is 0 Å². The number of halogens is 7. The molecule has 230 valence electrons. The molecular formula is C28H27BrF6O5S2. The molecule has 0 aliphatic rings. The minimum absolute atomic E-state index is 0.0146. The Morgan fingerprint density at radius 1 is 0.690 bits per heavy atom. The Morgan fingerprint density at radius 3 is 1.36 bits per heavy atom. The summed E-state index contributed by atoms with van der Waals surface area (Å²) in [6, 6.07) is 32.2. The topological polar surface area (TPSA) is 83.5 Å². The summed E-state index contributed by atoms with van der Waals surface area (Å²) >= 11 is 3.10. The van der Waals surface area contributed by atoms with Gasteiger partial charge in [0.2, 0.25) is 0 Å². The Bertz CT molecular complexity index is 1230. The molecule has 0 saturated heterocycles. The molecular weight excluding hydrogens is 674 g/mol. The Morgan fingerprint density at radius 2 is 1.05 bits per heavy atom. The molecule has 0 unspecified atom stereocenters. The minimum Gasteiger partial charge on any atom is -0.747 e. The SMILES string of the molecule is O=C(OCCCCCCBr)C(C(F)(F)F)(C(F)(F)F)S(=O)(=O)[O-].c1ccc([S+](c2ccccc2)c2ccccc2)cc1. The molecule has 0 N–H and O–H groups in total. The van der Waals surface area contributed by atoms with Crippen LogP contribution >= 0.6 is 15.9 Å². The Kier molecular flexibility index (Phi) is 13.4. The maximum atomic E-state index is 12.7. The number of esters is 1. The normalized spacial score (nSPS) is 12.4. The smallest absolute Gasteiger partial charge is 0.426 e. The Labute approximate surface area is 251 Å². The van der Waals surface area contributed by atoms with Crippen LogP contribution in [0.1, 0.15) is 25.7 Å². The van der Waals surface area contributed by atoms with Crippen LogP contribution in [0.4, 0.5) is 26.3 Å². The van der Waals surface area contributed by atoms with Crippen molar-refractivity contribution in [2.24, 2.45) is 0 Å². The second kappa shape index (κ2) is 15.8. The third-order valence-electron chi connectivity index (χ3n) is 5.66. The highest BCUT2D eigenvalue weighted by Crippen LogP contribution is 2.49. The van der Waals surface area contributed by atoms with Crippen LogP contribution in [0.5, 0.6) is 0 Å². The molecule has 0 saturated carbocycles. The van der Waals surface area contributed by atoms with Gasteiger partial charge in [-0.1, -0.05) is 83.4 Å². The fourth-order valence-corrected chi connectivity index (χ4v) is 7.00. The second-order valence-electron chi connectivity index (χ2n) is 8.62. The van der Waals surface area contributed by atoms with E-state index >= 15 is 0 Å². The molecule has 0 aromatic heterocycles. The molecule has 14 heteroatoms. The van der Waals surface area contributed by atoms with Crippen molar-refractivity contribution in [3.63, 3.8) is 0 Å². The van der Waals surface area contributed by atoms with Crippen LogP contribution in [0, 0.1) is 0 Å². The number of hydrogen-bond donors (Lipinski definition) is 0. The largest absolute Gasteiger partial charge is 0.747 e. The predicted octanol–water partition coefficient (Wildman–Crippen LogP) is 7.68. The molecule has 0 radical (unpaired) electrons. The standard InChI is InChI=1S/C18H15S.C10H13BrF6O5S/c1-4-10-16(11-5-1)19(17-12-6-2-7-13-17)18-14-8-3-9-15-18;11-5-3-1-2-4-6-22-7(18)8(9(12,13)14,10(15,16)17)23(19,20)21/h1-15H;1-6H2,(H,19,20,21)/q+1;/p-1. The van der Waals surface area contributed by atoms with Gasteiger partial charge in [-0.3, -0.25) is 0 Å². The number of carbonyl (C=O) groups excluding carboxylic acids is 1. The van der Waals surface area contributed by atoms with E-state index in [9.17, 15) is 44.1 Å². The van der Waals surface area contributed by atoms with Gasteiger partial charge < -0.3 is 9.29 Å². The molecule has 3 rings (SSSR count). The highest BCUT2D eigenvalue weighted by atomic mass is 79.9. The van der Waals surface area contributed by atoms with Gasteiger partial charge in [0.15, 0.2) is 14.7 Å². The summed E-state index contributed by atoms with van der Waals surface area (Å²) in [5.41, 5.74) is 0. The van der Waals surface area contributed by atoms with Gasteiger partial charge in [0.05, 0.1) is 17.5 Å². The summed E-state index contributed by atoms with van der Waals surface area (Å²) in [6.07, 6.45) is -11.9. The summed E-state index contributed by atoms with van der Waals surface area (Å²) in [6.45, 7) is -0.870. The van der Waals surface area contributed by atoms with Gasteiger partial charge in [-0.25, -0.2) is 13.2 Å².